The van der Waals surface area contributed by atoms with E-state index in [1.165, 1.54) is 0 Å². The van der Waals surface area contributed by atoms with Crippen LogP contribution in [0.3, 0.4) is 0 Å². The van der Waals surface area contributed by atoms with Gasteiger partial charge in [-0.1, -0.05) is 30.3 Å². The molecule has 0 N–H and O–H groups in total. The molecule has 0 aliphatic rings. The minimum atomic E-state index is 0.533. The van der Waals surface area contributed by atoms with Gasteiger partial charge in [-0.25, -0.2) is 0 Å². The zero-order valence-electron chi connectivity index (χ0n) is 11.7. The third-order valence-corrected chi connectivity index (χ3v) is 3.43. The number of fused-ring (bicyclic) bond motifs is 1. The van der Waals surface area contributed by atoms with Crippen LogP contribution in [-0.4, -0.2) is 11.7 Å². The van der Waals surface area contributed by atoms with Crippen LogP contribution in [0.2, 0.25) is 0 Å². The van der Waals surface area contributed by atoms with Crippen molar-refractivity contribution in [3.63, 3.8) is 0 Å². The van der Waals surface area contributed by atoms with E-state index in [1.807, 2.05) is 43.6 Å². The first-order valence-corrected chi connectivity index (χ1v) is 6.58. The van der Waals surface area contributed by atoms with Crippen molar-refractivity contribution in [2.45, 2.75) is 6.61 Å². The van der Waals surface area contributed by atoms with Gasteiger partial charge in [-0.15, -0.1) is 0 Å². The molecule has 0 spiro atoms. The number of aryl methyl sites for hydroxylation is 1. The Hall–Kier alpha value is -2.42. The molecule has 0 radical (unpaired) electrons. The van der Waals surface area contributed by atoms with Crippen molar-refractivity contribution in [2.75, 3.05) is 7.11 Å². The molecule has 0 unspecified atom stereocenters. The van der Waals surface area contributed by atoms with Crippen LogP contribution in [0.4, 0.5) is 0 Å². The van der Waals surface area contributed by atoms with Crippen LogP contribution in [0.1, 0.15) is 5.56 Å². The predicted molar refractivity (Wildman–Crippen MR) is 80.2 cm³/mol. The molecule has 2 aromatic carbocycles. The molecule has 1 aromatic heterocycles. The van der Waals surface area contributed by atoms with Crippen molar-refractivity contribution in [1.29, 1.82) is 0 Å². The number of benzene rings is 2. The fourth-order valence-electron chi connectivity index (χ4n) is 2.34. The van der Waals surface area contributed by atoms with E-state index in [4.69, 9.17) is 9.47 Å². The molecule has 0 atom stereocenters. The Kier molecular flexibility index (Phi) is 3.33. The molecule has 0 aliphatic heterocycles. The standard InChI is InChI=1S/C17H17NO2/c1-18-11-10-14-15(18)8-9-16(19-2)17(14)20-12-13-6-4-3-5-7-13/h3-11H,12H2,1-2H3. The van der Waals surface area contributed by atoms with Gasteiger partial charge in [0.05, 0.1) is 12.6 Å². The normalized spacial score (nSPS) is 10.7. The Morgan fingerprint density at radius 2 is 1.80 bits per heavy atom. The molecule has 3 aromatic rings. The minimum absolute atomic E-state index is 0.533. The third kappa shape index (κ3) is 2.23. The number of aromatic nitrogens is 1. The van der Waals surface area contributed by atoms with Gasteiger partial charge in [0.2, 0.25) is 0 Å². The van der Waals surface area contributed by atoms with Crippen molar-refractivity contribution in [2.24, 2.45) is 7.05 Å². The van der Waals surface area contributed by atoms with Gasteiger partial charge in [-0.3, -0.25) is 0 Å². The highest BCUT2D eigenvalue weighted by Crippen LogP contribution is 2.36. The summed E-state index contributed by atoms with van der Waals surface area (Å²) >= 11 is 0. The molecule has 0 saturated carbocycles. The van der Waals surface area contributed by atoms with Gasteiger partial charge in [0.1, 0.15) is 6.61 Å². The molecule has 0 aliphatic carbocycles. The number of rotatable bonds is 4. The van der Waals surface area contributed by atoms with Gasteiger partial charge in [0.15, 0.2) is 11.5 Å². The number of hydrogen-bond acceptors (Lipinski definition) is 2. The summed E-state index contributed by atoms with van der Waals surface area (Å²) in [5.41, 5.74) is 2.27. The lowest BCUT2D eigenvalue weighted by atomic mass is 10.2. The molecule has 20 heavy (non-hydrogen) atoms. The molecule has 0 fully saturated rings. The van der Waals surface area contributed by atoms with Gasteiger partial charge in [-0.05, 0) is 23.8 Å². The lowest BCUT2D eigenvalue weighted by Gasteiger charge is -2.12. The van der Waals surface area contributed by atoms with Crippen molar-refractivity contribution in [1.82, 2.24) is 4.57 Å². The van der Waals surface area contributed by atoms with Gasteiger partial charge in [0, 0.05) is 18.6 Å². The van der Waals surface area contributed by atoms with E-state index in [-0.39, 0.29) is 0 Å². The summed E-state index contributed by atoms with van der Waals surface area (Å²) in [5.74, 6) is 1.56. The summed E-state index contributed by atoms with van der Waals surface area (Å²) in [4.78, 5) is 0. The van der Waals surface area contributed by atoms with Gasteiger partial charge < -0.3 is 14.0 Å². The molecular weight excluding hydrogens is 250 g/mol. The van der Waals surface area contributed by atoms with Gasteiger partial charge in [-0.2, -0.15) is 0 Å². The van der Waals surface area contributed by atoms with Crippen LogP contribution in [-0.2, 0) is 13.7 Å². The fraction of sp³-hybridized carbons (Fsp3) is 0.176. The van der Waals surface area contributed by atoms with Crippen LogP contribution < -0.4 is 9.47 Å². The predicted octanol–water partition coefficient (Wildman–Crippen LogP) is 3.77. The quantitative estimate of drug-likeness (QED) is 0.718. The topological polar surface area (TPSA) is 23.4 Å². The number of methoxy groups -OCH3 is 1. The summed E-state index contributed by atoms with van der Waals surface area (Å²) in [5, 5.41) is 1.07. The summed E-state index contributed by atoms with van der Waals surface area (Å²) in [7, 11) is 3.69. The molecule has 0 saturated heterocycles. The minimum Gasteiger partial charge on any atom is -0.493 e. The maximum atomic E-state index is 6.00. The maximum Gasteiger partial charge on any atom is 0.171 e. The van der Waals surface area contributed by atoms with Crippen molar-refractivity contribution in [3.05, 3.63) is 60.3 Å². The zero-order valence-corrected chi connectivity index (χ0v) is 11.7. The number of nitrogens with zero attached hydrogens (tertiary/aromatic N) is 1. The molecule has 3 nitrogen and oxygen atoms in total. The average molecular weight is 267 g/mol. The van der Waals surface area contributed by atoms with Gasteiger partial charge in [0.25, 0.3) is 0 Å². The highest BCUT2D eigenvalue weighted by Gasteiger charge is 2.11. The molecule has 1 heterocycles. The molecule has 3 rings (SSSR count). The Morgan fingerprint density at radius 3 is 2.55 bits per heavy atom. The summed E-state index contributed by atoms with van der Waals surface area (Å²) in [6.07, 6.45) is 2.03. The Bertz CT molecular complexity index is 716. The van der Waals surface area contributed by atoms with Crippen LogP contribution >= 0.6 is 0 Å². The largest absolute Gasteiger partial charge is 0.493 e. The zero-order chi connectivity index (χ0) is 13.9. The second-order valence-corrected chi connectivity index (χ2v) is 4.73. The lowest BCUT2D eigenvalue weighted by molar-refractivity contribution is 0.288. The second kappa shape index (κ2) is 5.29. The molecule has 3 heteroatoms. The number of hydrogen-bond donors (Lipinski definition) is 0. The molecular formula is C17H17NO2. The van der Waals surface area contributed by atoms with E-state index < -0.39 is 0 Å². The first-order valence-electron chi connectivity index (χ1n) is 6.58. The van der Waals surface area contributed by atoms with Crippen LogP contribution in [0, 0.1) is 0 Å². The number of ether oxygens (including phenoxy) is 2. The van der Waals surface area contributed by atoms with Crippen LogP contribution in [0.25, 0.3) is 10.9 Å². The van der Waals surface area contributed by atoms with E-state index in [0.29, 0.717) is 6.61 Å². The highest BCUT2D eigenvalue weighted by atomic mass is 16.5. The SMILES string of the molecule is COc1ccc2c(ccn2C)c1OCc1ccccc1. The van der Waals surface area contributed by atoms with Crippen molar-refractivity contribution in [3.8, 4) is 11.5 Å². The molecule has 0 bridgehead atoms. The lowest BCUT2D eigenvalue weighted by Crippen LogP contribution is -1.98. The third-order valence-electron chi connectivity index (χ3n) is 3.43. The monoisotopic (exact) mass is 267 g/mol. The van der Waals surface area contributed by atoms with E-state index in [2.05, 4.69) is 22.8 Å². The summed E-state index contributed by atoms with van der Waals surface area (Å²) < 4.78 is 13.5. The maximum absolute atomic E-state index is 6.00. The second-order valence-electron chi connectivity index (χ2n) is 4.73. The van der Waals surface area contributed by atoms with E-state index in [1.54, 1.807) is 7.11 Å². The first kappa shape index (κ1) is 12.6. The average Bonchev–Trinajstić information content (AvgIpc) is 2.87. The molecule has 102 valence electrons. The van der Waals surface area contributed by atoms with Crippen molar-refractivity contribution >= 4 is 10.9 Å². The van der Waals surface area contributed by atoms with Crippen molar-refractivity contribution < 1.29 is 9.47 Å². The van der Waals surface area contributed by atoms with E-state index in [9.17, 15) is 0 Å². The summed E-state index contributed by atoms with van der Waals surface area (Å²) in [6, 6.07) is 16.2. The Balaban J connectivity index is 1.96. The van der Waals surface area contributed by atoms with Crippen LogP contribution in [0.15, 0.2) is 54.7 Å². The van der Waals surface area contributed by atoms with Crippen LogP contribution in [0.5, 0.6) is 11.5 Å². The van der Waals surface area contributed by atoms with E-state index in [0.717, 1.165) is 28.0 Å². The van der Waals surface area contributed by atoms with Gasteiger partial charge >= 0.3 is 0 Å². The van der Waals surface area contributed by atoms with E-state index >= 15 is 0 Å². The first-order chi connectivity index (χ1) is 9.79. The summed E-state index contributed by atoms with van der Waals surface area (Å²) in [6.45, 7) is 0.533. The Morgan fingerprint density at radius 1 is 1.00 bits per heavy atom. The molecule has 0 amide bonds. The highest BCUT2D eigenvalue weighted by molar-refractivity contribution is 5.89. The smallest absolute Gasteiger partial charge is 0.171 e. The Labute approximate surface area is 118 Å². The fourth-order valence-corrected chi connectivity index (χ4v) is 2.34.